The number of hydrogen-bond acceptors (Lipinski definition) is 2. The van der Waals surface area contributed by atoms with Gasteiger partial charge in [-0.25, -0.2) is 0 Å². The molecule has 1 N–H and O–H groups in total. The first-order chi connectivity index (χ1) is 7.47. The molecule has 0 aliphatic rings. The zero-order chi connectivity index (χ0) is 12.3. The average Bonchev–Trinajstić information content (AvgIpc) is 2.22. The molecule has 0 aromatic heterocycles. The van der Waals surface area contributed by atoms with Gasteiger partial charge >= 0.3 is 0 Å². The lowest BCUT2D eigenvalue weighted by Crippen LogP contribution is -2.27. The lowest BCUT2D eigenvalue weighted by atomic mass is 9.94. The Morgan fingerprint density at radius 3 is 2.31 bits per heavy atom. The highest BCUT2D eigenvalue weighted by atomic mass is 35.5. The summed E-state index contributed by atoms with van der Waals surface area (Å²) in [4.78, 5) is 2.07. The number of nitrogens with zero attached hydrogens (tertiary/aromatic N) is 1. The zero-order valence-corrected chi connectivity index (χ0v) is 11.3. The largest absolute Gasteiger partial charge is 0.396 e. The van der Waals surface area contributed by atoms with Crippen molar-refractivity contribution in [1.82, 2.24) is 4.90 Å². The van der Waals surface area contributed by atoms with Gasteiger partial charge in [-0.2, -0.15) is 0 Å². The van der Waals surface area contributed by atoms with Crippen molar-refractivity contribution in [2.75, 3.05) is 20.7 Å². The smallest absolute Gasteiger partial charge is 0.0595 e. The molecule has 16 heavy (non-hydrogen) atoms. The molecule has 1 rings (SSSR count). The van der Waals surface area contributed by atoms with Crippen LogP contribution in [0.4, 0.5) is 0 Å². The molecular formula is C12H17Cl2NO. The molecule has 0 radical (unpaired) electrons. The summed E-state index contributed by atoms with van der Waals surface area (Å²) in [7, 11) is 3.97. The van der Waals surface area contributed by atoms with Crippen LogP contribution in [0.2, 0.25) is 10.0 Å². The van der Waals surface area contributed by atoms with Gasteiger partial charge in [0.25, 0.3) is 0 Å². The predicted octanol–water partition coefficient (Wildman–Crippen LogP) is 3.22. The summed E-state index contributed by atoms with van der Waals surface area (Å²) in [6.45, 7) is 2.15. The molecule has 0 saturated heterocycles. The quantitative estimate of drug-likeness (QED) is 0.900. The fourth-order valence-corrected chi connectivity index (χ4v) is 2.24. The molecule has 1 aromatic carbocycles. The Labute approximate surface area is 107 Å². The number of hydrogen-bond donors (Lipinski definition) is 1. The number of benzene rings is 1. The van der Waals surface area contributed by atoms with Crippen molar-refractivity contribution in [2.45, 2.75) is 13.0 Å². The normalized spacial score (nSPS) is 15.2. The van der Waals surface area contributed by atoms with Crippen LogP contribution < -0.4 is 0 Å². The van der Waals surface area contributed by atoms with Gasteiger partial charge in [0.15, 0.2) is 0 Å². The third-order valence-corrected chi connectivity index (χ3v) is 3.41. The van der Waals surface area contributed by atoms with Crippen molar-refractivity contribution in [3.63, 3.8) is 0 Å². The summed E-state index contributed by atoms with van der Waals surface area (Å²) in [5, 5.41) is 10.4. The second-order valence-electron chi connectivity index (χ2n) is 4.24. The molecule has 2 unspecified atom stereocenters. The molecule has 2 nitrogen and oxygen atoms in total. The molecule has 4 heteroatoms. The minimum Gasteiger partial charge on any atom is -0.396 e. The molecule has 90 valence electrons. The standard InChI is InChI=1S/C12H17Cl2NO/c1-8(7-16)12(15(2)3)9-4-5-10(13)11(14)6-9/h4-6,8,12,16H,7H2,1-3H3. The van der Waals surface area contributed by atoms with Crippen molar-refractivity contribution in [3.8, 4) is 0 Å². The minimum absolute atomic E-state index is 0.139. The maximum Gasteiger partial charge on any atom is 0.0595 e. The van der Waals surface area contributed by atoms with Gasteiger partial charge in [0.1, 0.15) is 0 Å². The van der Waals surface area contributed by atoms with Crippen molar-refractivity contribution >= 4 is 23.2 Å². The van der Waals surface area contributed by atoms with Crippen molar-refractivity contribution in [2.24, 2.45) is 5.92 Å². The van der Waals surface area contributed by atoms with E-state index in [0.717, 1.165) is 5.56 Å². The van der Waals surface area contributed by atoms with Crippen LogP contribution in [0.15, 0.2) is 18.2 Å². The summed E-state index contributed by atoms with van der Waals surface area (Å²) in [6.07, 6.45) is 0. The minimum atomic E-state index is 0.139. The van der Waals surface area contributed by atoms with Gasteiger partial charge in [0.05, 0.1) is 10.0 Å². The molecule has 2 atom stereocenters. The molecule has 0 bridgehead atoms. The average molecular weight is 262 g/mol. The maximum atomic E-state index is 9.25. The molecular weight excluding hydrogens is 245 g/mol. The maximum absolute atomic E-state index is 9.25. The number of aliphatic hydroxyl groups is 1. The van der Waals surface area contributed by atoms with E-state index < -0.39 is 0 Å². The topological polar surface area (TPSA) is 23.5 Å². The Kier molecular flexibility index (Phi) is 5.06. The Morgan fingerprint density at radius 2 is 1.88 bits per heavy atom. The van der Waals surface area contributed by atoms with Crippen LogP contribution in [0.25, 0.3) is 0 Å². The van der Waals surface area contributed by atoms with E-state index in [1.807, 2.05) is 33.2 Å². The Bertz CT molecular complexity index is 355. The predicted molar refractivity (Wildman–Crippen MR) is 69.1 cm³/mol. The van der Waals surface area contributed by atoms with Gasteiger partial charge in [-0.1, -0.05) is 36.2 Å². The molecule has 0 amide bonds. The van der Waals surface area contributed by atoms with Crippen LogP contribution in [0.1, 0.15) is 18.5 Å². The molecule has 1 aromatic rings. The van der Waals surface area contributed by atoms with Gasteiger partial charge in [0.2, 0.25) is 0 Å². The van der Waals surface area contributed by atoms with E-state index in [0.29, 0.717) is 10.0 Å². The van der Waals surface area contributed by atoms with Gasteiger partial charge in [-0.15, -0.1) is 0 Å². The van der Waals surface area contributed by atoms with E-state index in [1.54, 1.807) is 6.07 Å². The Morgan fingerprint density at radius 1 is 1.25 bits per heavy atom. The van der Waals surface area contributed by atoms with Crippen LogP contribution >= 0.6 is 23.2 Å². The van der Waals surface area contributed by atoms with Crippen LogP contribution in [0, 0.1) is 5.92 Å². The Balaban J connectivity index is 3.06. The van der Waals surface area contributed by atoms with E-state index in [9.17, 15) is 5.11 Å². The second-order valence-corrected chi connectivity index (χ2v) is 5.06. The molecule has 0 heterocycles. The summed E-state index contributed by atoms with van der Waals surface area (Å²) < 4.78 is 0. The highest BCUT2D eigenvalue weighted by Gasteiger charge is 2.21. The van der Waals surface area contributed by atoms with E-state index in [4.69, 9.17) is 23.2 Å². The van der Waals surface area contributed by atoms with Gasteiger partial charge in [0, 0.05) is 12.6 Å². The lowest BCUT2D eigenvalue weighted by molar-refractivity contribution is 0.146. The van der Waals surface area contributed by atoms with Crippen molar-refractivity contribution in [3.05, 3.63) is 33.8 Å². The fourth-order valence-electron chi connectivity index (χ4n) is 1.93. The highest BCUT2D eigenvalue weighted by Crippen LogP contribution is 2.31. The van der Waals surface area contributed by atoms with E-state index in [-0.39, 0.29) is 18.6 Å². The first-order valence-corrected chi connectivity index (χ1v) is 5.95. The first kappa shape index (κ1) is 13.8. The van der Waals surface area contributed by atoms with Crippen LogP contribution in [-0.4, -0.2) is 30.7 Å². The van der Waals surface area contributed by atoms with E-state index in [1.165, 1.54) is 0 Å². The zero-order valence-electron chi connectivity index (χ0n) is 9.74. The summed E-state index contributed by atoms with van der Waals surface area (Å²) >= 11 is 11.9. The molecule has 0 fully saturated rings. The van der Waals surface area contributed by atoms with Crippen LogP contribution in [0.5, 0.6) is 0 Å². The second kappa shape index (κ2) is 5.87. The van der Waals surface area contributed by atoms with Gasteiger partial charge in [-0.3, -0.25) is 0 Å². The third kappa shape index (κ3) is 3.11. The summed E-state index contributed by atoms with van der Waals surface area (Å²) in [6, 6.07) is 5.74. The van der Waals surface area contributed by atoms with E-state index in [2.05, 4.69) is 4.90 Å². The number of aliphatic hydroxyl groups excluding tert-OH is 1. The number of rotatable bonds is 4. The highest BCUT2D eigenvalue weighted by molar-refractivity contribution is 6.42. The van der Waals surface area contributed by atoms with Crippen molar-refractivity contribution < 1.29 is 5.11 Å². The molecule has 0 aliphatic carbocycles. The SMILES string of the molecule is CC(CO)C(c1ccc(Cl)c(Cl)c1)N(C)C. The molecule has 0 saturated carbocycles. The van der Waals surface area contributed by atoms with E-state index >= 15 is 0 Å². The third-order valence-electron chi connectivity index (χ3n) is 2.67. The summed E-state index contributed by atoms with van der Waals surface area (Å²) in [5.41, 5.74) is 1.07. The summed E-state index contributed by atoms with van der Waals surface area (Å²) in [5.74, 6) is 0.146. The molecule has 0 spiro atoms. The molecule has 0 aliphatic heterocycles. The Hall–Kier alpha value is -0.280. The first-order valence-electron chi connectivity index (χ1n) is 5.19. The number of halogens is 2. The monoisotopic (exact) mass is 261 g/mol. The van der Waals surface area contributed by atoms with Crippen molar-refractivity contribution in [1.29, 1.82) is 0 Å². The fraction of sp³-hybridized carbons (Fsp3) is 0.500. The van der Waals surface area contributed by atoms with Crippen LogP contribution in [-0.2, 0) is 0 Å². The van der Waals surface area contributed by atoms with Gasteiger partial charge in [-0.05, 0) is 37.7 Å². The van der Waals surface area contributed by atoms with Crippen LogP contribution in [0.3, 0.4) is 0 Å². The van der Waals surface area contributed by atoms with Gasteiger partial charge < -0.3 is 10.0 Å². The lowest BCUT2D eigenvalue weighted by Gasteiger charge is -2.29.